The molecule has 0 unspecified atom stereocenters. The predicted octanol–water partition coefficient (Wildman–Crippen LogP) is 1.52. The second-order valence-electron chi connectivity index (χ2n) is 2.80. The first-order chi connectivity index (χ1) is 6.69. The Morgan fingerprint density at radius 2 is 2.29 bits per heavy atom. The van der Waals surface area contributed by atoms with E-state index in [0.29, 0.717) is 17.8 Å². The maximum absolute atomic E-state index is 10.6. The van der Waals surface area contributed by atoms with E-state index < -0.39 is 4.92 Å². The van der Waals surface area contributed by atoms with Crippen LogP contribution in [0.25, 0.3) is 0 Å². The second kappa shape index (κ2) is 4.57. The van der Waals surface area contributed by atoms with Crippen LogP contribution in [0, 0.1) is 10.1 Å². The van der Waals surface area contributed by atoms with Crippen LogP contribution in [-0.2, 0) is 6.61 Å². The van der Waals surface area contributed by atoms with Crippen molar-refractivity contribution in [2.24, 2.45) is 0 Å². The zero-order valence-electron chi connectivity index (χ0n) is 7.86. The van der Waals surface area contributed by atoms with Crippen molar-refractivity contribution in [3.63, 3.8) is 0 Å². The lowest BCUT2D eigenvalue weighted by molar-refractivity contribution is -0.384. The van der Waals surface area contributed by atoms with Crippen LogP contribution in [0.15, 0.2) is 18.2 Å². The van der Waals surface area contributed by atoms with Gasteiger partial charge in [0.05, 0.1) is 11.5 Å². The first-order valence-corrected chi connectivity index (χ1v) is 4.31. The Morgan fingerprint density at radius 3 is 2.79 bits per heavy atom. The minimum absolute atomic E-state index is 0.00148. The molecule has 0 saturated carbocycles. The van der Waals surface area contributed by atoms with Crippen molar-refractivity contribution in [1.82, 2.24) is 0 Å². The molecule has 14 heavy (non-hydrogen) atoms. The van der Waals surface area contributed by atoms with Crippen LogP contribution in [0.4, 0.5) is 11.4 Å². The third-order valence-corrected chi connectivity index (χ3v) is 1.81. The molecule has 0 spiro atoms. The van der Waals surface area contributed by atoms with Crippen LogP contribution in [0.3, 0.4) is 0 Å². The molecule has 0 aliphatic rings. The number of hydrogen-bond acceptors (Lipinski definition) is 4. The molecule has 0 atom stereocenters. The number of rotatable bonds is 4. The van der Waals surface area contributed by atoms with Gasteiger partial charge in [-0.3, -0.25) is 10.1 Å². The van der Waals surface area contributed by atoms with Crippen molar-refractivity contribution >= 4 is 11.4 Å². The summed E-state index contributed by atoms with van der Waals surface area (Å²) < 4.78 is 0. The molecule has 0 fully saturated rings. The number of anilines is 1. The van der Waals surface area contributed by atoms with Gasteiger partial charge in [0.25, 0.3) is 5.69 Å². The van der Waals surface area contributed by atoms with Crippen molar-refractivity contribution in [3.8, 4) is 0 Å². The Labute approximate surface area is 81.5 Å². The van der Waals surface area contributed by atoms with Gasteiger partial charge < -0.3 is 10.4 Å². The van der Waals surface area contributed by atoms with Crippen LogP contribution >= 0.6 is 0 Å². The van der Waals surface area contributed by atoms with Crippen molar-refractivity contribution in [2.45, 2.75) is 13.5 Å². The Kier molecular flexibility index (Phi) is 3.41. The summed E-state index contributed by atoms with van der Waals surface area (Å²) in [5.74, 6) is 0. The maximum atomic E-state index is 10.6. The molecule has 0 bridgehead atoms. The molecule has 0 amide bonds. The second-order valence-corrected chi connectivity index (χ2v) is 2.80. The lowest BCUT2D eigenvalue weighted by Gasteiger charge is -2.05. The Balaban J connectivity index is 3.10. The molecule has 0 aliphatic heterocycles. The van der Waals surface area contributed by atoms with Crippen molar-refractivity contribution < 1.29 is 10.0 Å². The van der Waals surface area contributed by atoms with Gasteiger partial charge in [-0.15, -0.1) is 0 Å². The molecule has 5 heteroatoms. The highest BCUT2D eigenvalue weighted by Crippen LogP contribution is 2.25. The SMILES string of the molecule is CCNc1ccc(CO)cc1[N+](=O)[O-]. The van der Waals surface area contributed by atoms with Crippen molar-refractivity contribution in [1.29, 1.82) is 0 Å². The fraction of sp³-hybridized carbons (Fsp3) is 0.333. The van der Waals surface area contributed by atoms with Gasteiger partial charge in [-0.05, 0) is 18.6 Å². The fourth-order valence-corrected chi connectivity index (χ4v) is 1.17. The van der Waals surface area contributed by atoms with E-state index in [1.165, 1.54) is 6.07 Å². The summed E-state index contributed by atoms with van der Waals surface area (Å²) in [6.07, 6.45) is 0. The highest BCUT2D eigenvalue weighted by Gasteiger charge is 2.13. The topological polar surface area (TPSA) is 75.4 Å². The van der Waals surface area contributed by atoms with E-state index in [2.05, 4.69) is 5.32 Å². The van der Waals surface area contributed by atoms with Gasteiger partial charge in [0.2, 0.25) is 0 Å². The minimum Gasteiger partial charge on any atom is -0.392 e. The van der Waals surface area contributed by atoms with Gasteiger partial charge in [-0.25, -0.2) is 0 Å². The van der Waals surface area contributed by atoms with Gasteiger partial charge in [-0.2, -0.15) is 0 Å². The molecule has 0 radical (unpaired) electrons. The lowest BCUT2D eigenvalue weighted by atomic mass is 10.2. The monoisotopic (exact) mass is 196 g/mol. The molecule has 0 aromatic heterocycles. The first kappa shape index (κ1) is 10.5. The van der Waals surface area contributed by atoms with E-state index in [-0.39, 0.29) is 12.3 Å². The van der Waals surface area contributed by atoms with Gasteiger partial charge in [0.1, 0.15) is 5.69 Å². The van der Waals surface area contributed by atoms with Crippen LogP contribution < -0.4 is 5.32 Å². The number of nitro benzene ring substituents is 1. The van der Waals surface area contributed by atoms with Gasteiger partial charge in [0.15, 0.2) is 0 Å². The third-order valence-electron chi connectivity index (χ3n) is 1.81. The van der Waals surface area contributed by atoms with E-state index in [1.807, 2.05) is 6.92 Å². The number of hydrogen-bond donors (Lipinski definition) is 2. The highest BCUT2D eigenvalue weighted by molar-refractivity contribution is 5.62. The zero-order valence-corrected chi connectivity index (χ0v) is 7.86. The normalized spacial score (nSPS) is 9.86. The predicted molar refractivity (Wildman–Crippen MR) is 53.2 cm³/mol. The van der Waals surface area contributed by atoms with E-state index >= 15 is 0 Å². The Bertz CT molecular complexity index is 339. The summed E-state index contributed by atoms with van der Waals surface area (Å²) in [5.41, 5.74) is 1.02. The Morgan fingerprint density at radius 1 is 1.57 bits per heavy atom. The average Bonchev–Trinajstić information content (AvgIpc) is 2.18. The molecule has 0 aliphatic carbocycles. The molecule has 1 rings (SSSR count). The van der Waals surface area contributed by atoms with Crippen molar-refractivity contribution in [3.05, 3.63) is 33.9 Å². The van der Waals surface area contributed by atoms with E-state index in [4.69, 9.17) is 5.11 Å². The fourth-order valence-electron chi connectivity index (χ4n) is 1.17. The van der Waals surface area contributed by atoms with Gasteiger partial charge >= 0.3 is 0 Å². The number of aliphatic hydroxyl groups is 1. The number of nitro groups is 1. The third kappa shape index (κ3) is 2.20. The molecule has 76 valence electrons. The molecule has 2 N–H and O–H groups in total. The molecule has 1 aromatic rings. The molecular weight excluding hydrogens is 184 g/mol. The van der Waals surface area contributed by atoms with Crippen LogP contribution in [0.1, 0.15) is 12.5 Å². The lowest BCUT2D eigenvalue weighted by Crippen LogP contribution is -2.01. The number of benzene rings is 1. The molecule has 5 nitrogen and oxygen atoms in total. The molecular formula is C9H12N2O3. The van der Waals surface area contributed by atoms with Gasteiger partial charge in [-0.1, -0.05) is 6.07 Å². The number of aliphatic hydroxyl groups excluding tert-OH is 1. The van der Waals surface area contributed by atoms with Gasteiger partial charge in [0, 0.05) is 12.6 Å². The maximum Gasteiger partial charge on any atom is 0.292 e. The summed E-state index contributed by atoms with van der Waals surface area (Å²) >= 11 is 0. The van der Waals surface area contributed by atoms with E-state index in [0.717, 1.165) is 0 Å². The summed E-state index contributed by atoms with van der Waals surface area (Å²) in [7, 11) is 0. The smallest absolute Gasteiger partial charge is 0.292 e. The standard InChI is InChI=1S/C9H12N2O3/c1-2-10-8-4-3-7(6-12)5-9(8)11(13)14/h3-5,10,12H,2,6H2,1H3. The molecule has 1 aromatic carbocycles. The average molecular weight is 196 g/mol. The largest absolute Gasteiger partial charge is 0.392 e. The summed E-state index contributed by atoms with van der Waals surface area (Å²) in [4.78, 5) is 10.2. The van der Waals surface area contributed by atoms with E-state index in [9.17, 15) is 10.1 Å². The zero-order chi connectivity index (χ0) is 10.6. The quantitative estimate of drug-likeness (QED) is 0.565. The van der Waals surface area contributed by atoms with Crippen LogP contribution in [0.2, 0.25) is 0 Å². The molecule has 0 saturated heterocycles. The van der Waals surface area contributed by atoms with Crippen LogP contribution in [-0.4, -0.2) is 16.6 Å². The summed E-state index contributed by atoms with van der Waals surface area (Å²) in [5, 5.41) is 22.4. The minimum atomic E-state index is -0.461. The summed E-state index contributed by atoms with van der Waals surface area (Å²) in [6, 6.07) is 4.64. The van der Waals surface area contributed by atoms with E-state index in [1.54, 1.807) is 12.1 Å². The first-order valence-electron chi connectivity index (χ1n) is 4.31. The number of nitrogens with one attached hydrogen (secondary N) is 1. The highest BCUT2D eigenvalue weighted by atomic mass is 16.6. The molecule has 0 heterocycles. The Hall–Kier alpha value is -1.62. The summed E-state index contributed by atoms with van der Waals surface area (Å²) in [6.45, 7) is 2.30. The number of nitrogens with zero attached hydrogens (tertiary/aromatic N) is 1. The van der Waals surface area contributed by atoms with Crippen molar-refractivity contribution in [2.75, 3.05) is 11.9 Å². The van der Waals surface area contributed by atoms with Crippen LogP contribution in [0.5, 0.6) is 0 Å².